The number of carbonyl (C=O) groups excluding carboxylic acids is 1. The number of hydrogen-bond acceptors (Lipinski definition) is 9. The Labute approximate surface area is 279 Å². The highest BCUT2D eigenvalue weighted by Crippen LogP contribution is 2.38. The molecule has 0 N–H and O–H groups in total. The second-order valence-corrected chi connectivity index (χ2v) is 11.7. The van der Waals surface area contributed by atoms with Crippen molar-refractivity contribution >= 4 is 33.4 Å². The molecule has 0 aliphatic rings. The lowest BCUT2D eigenvalue weighted by Crippen LogP contribution is -2.01. The number of carbonyl (C=O) groups is 1. The molecule has 1 heterocycles. The lowest BCUT2D eigenvalue weighted by atomic mass is 10.1. The van der Waals surface area contributed by atoms with Gasteiger partial charge in [-0.3, -0.25) is 4.79 Å². The Morgan fingerprint density at radius 2 is 1.38 bits per heavy atom. The average Bonchev–Trinajstić information content (AvgIpc) is 3.56. The number of methoxy groups -OCH3 is 4. The van der Waals surface area contributed by atoms with Gasteiger partial charge in [-0.2, -0.15) is 0 Å². The lowest BCUT2D eigenvalue weighted by Gasteiger charge is -2.13. The number of fused-ring (bicyclic) bond motifs is 1. The van der Waals surface area contributed by atoms with Gasteiger partial charge < -0.3 is 28.4 Å². The fourth-order valence-electron chi connectivity index (χ4n) is 5.02. The maximum atomic E-state index is 13.0. The molecule has 0 amide bonds. The molecule has 5 rings (SSSR count). The minimum absolute atomic E-state index is 0.201. The van der Waals surface area contributed by atoms with Gasteiger partial charge >= 0.3 is 0 Å². The van der Waals surface area contributed by atoms with Crippen LogP contribution in [0.3, 0.4) is 0 Å². The molecule has 47 heavy (non-hydrogen) atoms. The average molecular weight is 654 g/mol. The zero-order valence-electron chi connectivity index (χ0n) is 27.1. The van der Waals surface area contributed by atoms with Gasteiger partial charge in [0.25, 0.3) is 0 Å². The summed E-state index contributed by atoms with van der Waals surface area (Å²) in [5, 5.41) is 1.02. The first-order chi connectivity index (χ1) is 23.0. The molecule has 9 heteroatoms. The van der Waals surface area contributed by atoms with E-state index in [4.69, 9.17) is 33.4 Å². The second kappa shape index (κ2) is 16.5. The van der Waals surface area contributed by atoms with Crippen LogP contribution in [-0.4, -0.2) is 52.4 Å². The van der Waals surface area contributed by atoms with Crippen molar-refractivity contribution in [3.05, 3.63) is 96.1 Å². The summed E-state index contributed by atoms with van der Waals surface area (Å²) < 4.78 is 34.8. The van der Waals surface area contributed by atoms with Crippen LogP contribution in [0.1, 0.15) is 41.6 Å². The number of unbranched alkanes of at least 4 members (excludes halogenated alkanes) is 3. The van der Waals surface area contributed by atoms with Gasteiger partial charge in [0.05, 0.1) is 51.9 Å². The predicted molar refractivity (Wildman–Crippen MR) is 187 cm³/mol. The summed E-state index contributed by atoms with van der Waals surface area (Å²) >= 11 is 1.70. The monoisotopic (exact) mass is 653 g/mol. The van der Waals surface area contributed by atoms with Crippen LogP contribution in [0.4, 0.5) is 0 Å². The molecule has 0 saturated heterocycles. The van der Waals surface area contributed by atoms with Crippen LogP contribution in [0.15, 0.2) is 84.9 Å². The topological polar surface area (TPSA) is 85.3 Å². The minimum atomic E-state index is -0.201. The van der Waals surface area contributed by atoms with Crippen molar-refractivity contribution in [1.29, 1.82) is 0 Å². The number of hydrogen-bond donors (Lipinski definition) is 0. The molecular formula is C38H39NO7S. The maximum absolute atomic E-state index is 13.0. The summed E-state index contributed by atoms with van der Waals surface area (Å²) in [5.74, 6) is 3.21. The number of benzene rings is 4. The van der Waals surface area contributed by atoms with E-state index in [1.54, 1.807) is 36.7 Å². The molecule has 0 atom stereocenters. The Morgan fingerprint density at radius 1 is 0.702 bits per heavy atom. The van der Waals surface area contributed by atoms with Crippen molar-refractivity contribution in [3.63, 3.8) is 0 Å². The van der Waals surface area contributed by atoms with E-state index in [9.17, 15) is 4.79 Å². The summed E-state index contributed by atoms with van der Waals surface area (Å²) in [5.41, 5.74) is 3.36. The number of aromatic nitrogens is 1. The number of rotatable bonds is 17. The van der Waals surface area contributed by atoms with E-state index in [0.717, 1.165) is 53.1 Å². The van der Waals surface area contributed by atoms with Gasteiger partial charge in [-0.25, -0.2) is 4.98 Å². The Bertz CT molecular complexity index is 1760. The molecule has 5 aromatic rings. The Kier molecular flexibility index (Phi) is 11.7. The van der Waals surface area contributed by atoms with Crippen LogP contribution in [0, 0.1) is 0 Å². The molecule has 0 aliphatic heterocycles. The fourth-order valence-corrected chi connectivity index (χ4v) is 5.99. The Morgan fingerprint density at radius 3 is 2.04 bits per heavy atom. The summed E-state index contributed by atoms with van der Waals surface area (Å²) in [6.07, 6.45) is 7.17. The summed E-state index contributed by atoms with van der Waals surface area (Å²) in [6.45, 7) is 1.22. The zero-order chi connectivity index (χ0) is 33.0. The van der Waals surface area contributed by atoms with Crippen molar-refractivity contribution in [2.45, 2.75) is 25.7 Å². The van der Waals surface area contributed by atoms with Gasteiger partial charge in [0.15, 0.2) is 28.8 Å². The lowest BCUT2D eigenvalue weighted by molar-refractivity contribution is 0.104. The van der Waals surface area contributed by atoms with Crippen molar-refractivity contribution < 1.29 is 33.2 Å². The highest BCUT2D eigenvalue weighted by atomic mass is 32.1. The highest BCUT2D eigenvalue weighted by Gasteiger charge is 2.16. The zero-order valence-corrected chi connectivity index (χ0v) is 27.9. The predicted octanol–water partition coefficient (Wildman–Crippen LogP) is 8.91. The first kappa shape index (κ1) is 33.3. The number of ketones is 1. The normalized spacial score (nSPS) is 11.1. The maximum Gasteiger partial charge on any atom is 0.203 e. The fraction of sp³-hybridized carbons (Fsp3) is 0.263. The molecule has 0 unspecified atom stereocenters. The molecule has 0 fully saturated rings. The molecular weight excluding hydrogens is 614 g/mol. The van der Waals surface area contributed by atoms with Crippen LogP contribution in [-0.2, 0) is 0 Å². The molecule has 1 aromatic heterocycles. The molecule has 0 saturated carbocycles. The molecule has 244 valence electrons. The SMILES string of the molecule is COc1ccc(/C=C/C(=O)c2cc(OC)c(OC)c(OC)c2)cc1OCCCCCCOc1ccc(-c2nc3ccccc3s2)cc1. The van der Waals surface area contributed by atoms with Crippen LogP contribution in [0.2, 0.25) is 0 Å². The van der Waals surface area contributed by atoms with Gasteiger partial charge in [-0.1, -0.05) is 24.3 Å². The number of allylic oxidation sites excluding steroid dienone is 1. The molecule has 0 radical (unpaired) electrons. The Hall–Kier alpha value is -5.02. The van der Waals surface area contributed by atoms with Crippen molar-refractivity contribution in [1.82, 2.24) is 4.98 Å². The van der Waals surface area contributed by atoms with E-state index >= 15 is 0 Å². The van der Waals surface area contributed by atoms with Crippen LogP contribution >= 0.6 is 11.3 Å². The largest absolute Gasteiger partial charge is 0.494 e. The minimum Gasteiger partial charge on any atom is -0.494 e. The molecule has 0 aliphatic carbocycles. The number of nitrogens with zero attached hydrogens (tertiary/aromatic N) is 1. The third-order valence-corrected chi connectivity index (χ3v) is 8.61. The van der Waals surface area contributed by atoms with Crippen molar-refractivity contribution in [2.75, 3.05) is 41.7 Å². The van der Waals surface area contributed by atoms with Gasteiger partial charge in [-0.15, -0.1) is 11.3 Å². The van der Waals surface area contributed by atoms with Gasteiger partial charge in [0.1, 0.15) is 10.8 Å². The molecule has 0 spiro atoms. The molecule has 4 aromatic carbocycles. The van der Waals surface area contributed by atoms with Gasteiger partial charge in [-0.05, 0) is 98.0 Å². The summed E-state index contributed by atoms with van der Waals surface area (Å²) in [4.78, 5) is 17.7. The quantitative estimate of drug-likeness (QED) is 0.0559. The second-order valence-electron chi connectivity index (χ2n) is 10.6. The van der Waals surface area contributed by atoms with Crippen molar-refractivity contribution in [2.24, 2.45) is 0 Å². The van der Waals surface area contributed by atoms with Crippen LogP contribution < -0.4 is 28.4 Å². The van der Waals surface area contributed by atoms with E-state index in [0.29, 0.717) is 47.5 Å². The van der Waals surface area contributed by atoms with E-state index in [1.807, 2.05) is 48.5 Å². The van der Waals surface area contributed by atoms with E-state index in [1.165, 1.54) is 32.1 Å². The molecule has 0 bridgehead atoms. The van der Waals surface area contributed by atoms with Crippen LogP contribution in [0.5, 0.6) is 34.5 Å². The smallest absolute Gasteiger partial charge is 0.203 e. The first-order valence-corrected chi connectivity index (χ1v) is 16.3. The van der Waals surface area contributed by atoms with E-state index in [2.05, 4.69) is 18.2 Å². The number of thiazole rings is 1. The van der Waals surface area contributed by atoms with E-state index < -0.39 is 0 Å². The first-order valence-electron chi connectivity index (χ1n) is 15.4. The third kappa shape index (κ3) is 8.62. The highest BCUT2D eigenvalue weighted by molar-refractivity contribution is 7.21. The Balaban J connectivity index is 1.05. The van der Waals surface area contributed by atoms with Crippen LogP contribution in [0.25, 0.3) is 26.9 Å². The van der Waals surface area contributed by atoms with Crippen molar-refractivity contribution in [3.8, 4) is 45.1 Å². The summed E-state index contributed by atoms with van der Waals surface area (Å²) in [7, 11) is 6.16. The standard InChI is InChI=1S/C38H39NO7S/c1-41-32-20-14-26(13-19-31(40)28-24-34(42-2)37(44-4)35(25-28)43-3)23-33(32)46-22-10-6-5-9-21-45-29-17-15-27(16-18-29)38-39-30-11-7-8-12-36(30)47-38/h7-8,11-20,23-25H,5-6,9-10,21-22H2,1-4H3/b19-13+. The van der Waals surface area contributed by atoms with E-state index in [-0.39, 0.29) is 5.78 Å². The third-order valence-electron chi connectivity index (χ3n) is 7.52. The summed E-state index contributed by atoms with van der Waals surface area (Å²) in [6, 6.07) is 25.2. The van der Waals surface area contributed by atoms with Gasteiger partial charge in [0.2, 0.25) is 5.75 Å². The molecule has 8 nitrogen and oxygen atoms in total. The van der Waals surface area contributed by atoms with Gasteiger partial charge in [0, 0.05) is 11.1 Å². The number of para-hydroxylation sites is 1. The number of ether oxygens (including phenoxy) is 6.